The van der Waals surface area contributed by atoms with E-state index < -0.39 is 10.0 Å². The van der Waals surface area contributed by atoms with Gasteiger partial charge in [-0.05, 0) is 23.6 Å². The molecule has 0 heterocycles. The van der Waals surface area contributed by atoms with Crippen LogP contribution in [0, 0.1) is 0 Å². The Morgan fingerprint density at radius 1 is 1.00 bits per heavy atom. The highest BCUT2D eigenvalue weighted by Gasteiger charge is 2.21. The summed E-state index contributed by atoms with van der Waals surface area (Å²) in [5.41, 5.74) is 7.94. The minimum absolute atomic E-state index is 0.232. The summed E-state index contributed by atoms with van der Waals surface area (Å²) >= 11 is 0. The quantitative estimate of drug-likeness (QED) is 0.921. The van der Waals surface area contributed by atoms with Crippen LogP contribution in [-0.4, -0.2) is 26.8 Å². The van der Waals surface area contributed by atoms with Gasteiger partial charge in [-0.2, -0.15) is 0 Å². The van der Waals surface area contributed by atoms with E-state index in [4.69, 9.17) is 5.73 Å². The first-order chi connectivity index (χ1) is 9.93. The largest absolute Gasteiger partial charge is 0.324 e. The van der Waals surface area contributed by atoms with Crippen molar-refractivity contribution in [1.29, 1.82) is 0 Å². The third-order valence-electron chi connectivity index (χ3n) is 3.40. The Hall–Kier alpha value is -1.69. The summed E-state index contributed by atoms with van der Waals surface area (Å²) in [6.07, 6.45) is 0.479. The number of hydrogen-bond donors (Lipinski definition) is 1. The molecule has 4 nitrogen and oxygen atoms in total. The molecular weight excluding hydrogens is 284 g/mol. The first kappa shape index (κ1) is 15.7. The molecule has 112 valence electrons. The Balaban J connectivity index is 2.34. The van der Waals surface area contributed by atoms with E-state index in [0.29, 0.717) is 11.3 Å². The van der Waals surface area contributed by atoms with Crippen molar-refractivity contribution in [2.75, 3.05) is 14.1 Å². The van der Waals surface area contributed by atoms with Gasteiger partial charge in [0.1, 0.15) is 0 Å². The smallest absolute Gasteiger partial charge is 0.242 e. The second-order valence-corrected chi connectivity index (χ2v) is 7.24. The fourth-order valence-corrected chi connectivity index (χ4v) is 3.30. The summed E-state index contributed by atoms with van der Waals surface area (Å²) in [4.78, 5) is 0.321. The van der Waals surface area contributed by atoms with E-state index in [1.807, 2.05) is 42.5 Å². The van der Waals surface area contributed by atoms with Crippen LogP contribution in [-0.2, 0) is 16.4 Å². The molecule has 0 radical (unpaired) electrons. The summed E-state index contributed by atoms with van der Waals surface area (Å²) in [7, 11) is -0.396. The van der Waals surface area contributed by atoms with Gasteiger partial charge < -0.3 is 5.73 Å². The van der Waals surface area contributed by atoms with E-state index in [9.17, 15) is 8.42 Å². The maximum absolute atomic E-state index is 12.4. The van der Waals surface area contributed by atoms with E-state index >= 15 is 0 Å². The molecule has 1 unspecified atom stereocenters. The van der Waals surface area contributed by atoms with Crippen molar-refractivity contribution in [2.24, 2.45) is 5.73 Å². The third-order valence-corrected chi connectivity index (χ3v) is 5.31. The predicted octanol–water partition coefficient (Wildman–Crippen LogP) is 2.18. The van der Waals surface area contributed by atoms with Gasteiger partial charge in [0, 0.05) is 20.1 Å². The topological polar surface area (TPSA) is 63.4 Å². The summed E-state index contributed by atoms with van der Waals surface area (Å²) < 4.78 is 25.9. The van der Waals surface area contributed by atoms with Crippen LogP contribution in [0.25, 0.3) is 0 Å². The fraction of sp³-hybridized carbons (Fsp3) is 0.250. The Kier molecular flexibility index (Phi) is 4.77. The zero-order valence-electron chi connectivity index (χ0n) is 12.2. The lowest BCUT2D eigenvalue weighted by molar-refractivity contribution is 0.519. The Bertz CT molecular complexity index is 697. The molecule has 0 aromatic heterocycles. The van der Waals surface area contributed by atoms with Crippen molar-refractivity contribution in [3.8, 4) is 0 Å². The van der Waals surface area contributed by atoms with Gasteiger partial charge in [0.05, 0.1) is 4.90 Å². The highest BCUT2D eigenvalue weighted by Crippen LogP contribution is 2.23. The number of hydrogen-bond acceptors (Lipinski definition) is 3. The highest BCUT2D eigenvalue weighted by molar-refractivity contribution is 7.89. The van der Waals surface area contributed by atoms with Crippen LogP contribution in [0.15, 0.2) is 59.5 Å². The second kappa shape index (κ2) is 6.39. The van der Waals surface area contributed by atoms with Crippen LogP contribution in [0.4, 0.5) is 0 Å². The first-order valence-corrected chi connectivity index (χ1v) is 8.18. The van der Waals surface area contributed by atoms with Crippen molar-refractivity contribution in [3.63, 3.8) is 0 Å². The molecule has 5 heteroatoms. The minimum atomic E-state index is -3.46. The van der Waals surface area contributed by atoms with Crippen LogP contribution >= 0.6 is 0 Å². The Morgan fingerprint density at radius 3 is 2.19 bits per heavy atom. The molecule has 0 aliphatic carbocycles. The third kappa shape index (κ3) is 3.50. The van der Waals surface area contributed by atoms with Crippen LogP contribution in [0.2, 0.25) is 0 Å². The zero-order valence-corrected chi connectivity index (χ0v) is 13.0. The monoisotopic (exact) mass is 304 g/mol. The predicted molar refractivity (Wildman–Crippen MR) is 84.4 cm³/mol. The molecule has 0 amide bonds. The average molecular weight is 304 g/mol. The van der Waals surface area contributed by atoms with Gasteiger partial charge in [-0.25, -0.2) is 12.7 Å². The van der Waals surface area contributed by atoms with Crippen molar-refractivity contribution >= 4 is 10.0 Å². The van der Waals surface area contributed by atoms with Crippen LogP contribution < -0.4 is 5.73 Å². The van der Waals surface area contributed by atoms with Gasteiger partial charge in [0.2, 0.25) is 10.0 Å². The lowest BCUT2D eigenvalue weighted by Crippen LogP contribution is -2.24. The summed E-state index contributed by atoms with van der Waals surface area (Å²) in [6.45, 7) is 0. The van der Waals surface area contributed by atoms with Gasteiger partial charge in [0.15, 0.2) is 0 Å². The molecule has 0 saturated carbocycles. The first-order valence-electron chi connectivity index (χ1n) is 6.74. The molecule has 2 aromatic carbocycles. The van der Waals surface area contributed by atoms with Gasteiger partial charge in [-0.15, -0.1) is 0 Å². The minimum Gasteiger partial charge on any atom is -0.324 e. The van der Waals surface area contributed by atoms with Crippen LogP contribution in [0.1, 0.15) is 17.2 Å². The van der Waals surface area contributed by atoms with Crippen molar-refractivity contribution in [3.05, 3.63) is 65.7 Å². The average Bonchev–Trinajstić information content (AvgIpc) is 2.48. The van der Waals surface area contributed by atoms with E-state index in [1.165, 1.54) is 18.4 Å². The van der Waals surface area contributed by atoms with Gasteiger partial charge in [0.25, 0.3) is 0 Å². The van der Waals surface area contributed by atoms with Crippen molar-refractivity contribution in [2.45, 2.75) is 17.4 Å². The molecular formula is C16H20N2O2S. The Labute approximate surface area is 126 Å². The molecule has 2 rings (SSSR count). The molecule has 0 fully saturated rings. The summed E-state index contributed by atoms with van der Waals surface area (Å²) in [5, 5.41) is 0. The maximum atomic E-state index is 12.4. The number of rotatable bonds is 5. The second-order valence-electron chi connectivity index (χ2n) is 5.12. The van der Waals surface area contributed by atoms with Crippen LogP contribution in [0.5, 0.6) is 0 Å². The van der Waals surface area contributed by atoms with Crippen molar-refractivity contribution in [1.82, 2.24) is 4.31 Å². The normalized spacial score (nSPS) is 13.3. The molecule has 0 bridgehead atoms. The van der Waals surface area contributed by atoms with Gasteiger partial charge in [-0.1, -0.05) is 48.5 Å². The van der Waals surface area contributed by atoms with E-state index in [-0.39, 0.29) is 6.04 Å². The van der Waals surface area contributed by atoms with Crippen LogP contribution in [0.3, 0.4) is 0 Å². The zero-order chi connectivity index (χ0) is 15.5. The van der Waals surface area contributed by atoms with E-state index in [2.05, 4.69) is 0 Å². The lowest BCUT2D eigenvalue weighted by Gasteiger charge is -2.18. The van der Waals surface area contributed by atoms with E-state index in [0.717, 1.165) is 11.1 Å². The Morgan fingerprint density at radius 2 is 1.57 bits per heavy atom. The van der Waals surface area contributed by atoms with E-state index in [1.54, 1.807) is 12.1 Å². The lowest BCUT2D eigenvalue weighted by atomic mass is 10.00. The molecule has 0 aliphatic rings. The SMILES string of the molecule is CN(C)S(=O)(=O)c1ccccc1CC(N)c1ccccc1. The molecule has 0 aliphatic heterocycles. The molecule has 2 N–H and O–H groups in total. The fourth-order valence-electron chi connectivity index (χ4n) is 2.18. The van der Waals surface area contributed by atoms with Gasteiger partial charge in [-0.3, -0.25) is 0 Å². The molecule has 0 saturated heterocycles. The molecule has 21 heavy (non-hydrogen) atoms. The standard InChI is InChI=1S/C16H20N2O2S/c1-18(2)21(19,20)16-11-7-6-10-14(16)12-15(17)13-8-4-3-5-9-13/h3-11,15H,12,17H2,1-2H3. The van der Waals surface area contributed by atoms with Crippen molar-refractivity contribution < 1.29 is 8.42 Å². The maximum Gasteiger partial charge on any atom is 0.242 e. The highest BCUT2D eigenvalue weighted by atomic mass is 32.2. The molecule has 1 atom stereocenters. The number of benzene rings is 2. The van der Waals surface area contributed by atoms with Gasteiger partial charge >= 0.3 is 0 Å². The summed E-state index contributed by atoms with van der Waals surface area (Å²) in [6, 6.07) is 16.5. The number of sulfonamides is 1. The molecule has 0 spiro atoms. The number of nitrogens with zero attached hydrogens (tertiary/aromatic N) is 1. The number of nitrogens with two attached hydrogens (primary N) is 1. The summed E-state index contributed by atoms with van der Waals surface area (Å²) in [5.74, 6) is 0. The molecule has 2 aromatic rings.